The molecule has 1 fully saturated rings. The molecule has 2 N–H and O–H groups in total. The van der Waals surface area contributed by atoms with Gasteiger partial charge in [0.15, 0.2) is 17.4 Å². The Hall–Kier alpha value is -1.33. The molecule has 0 saturated carbocycles. The van der Waals surface area contributed by atoms with Crippen LogP contribution in [-0.2, 0) is 9.47 Å². The molecule has 1 saturated heterocycles. The molecule has 0 aromatic heterocycles. The second-order valence-electron chi connectivity index (χ2n) is 4.45. The van der Waals surface area contributed by atoms with E-state index in [-0.39, 0.29) is 18.5 Å². The van der Waals surface area contributed by atoms with Crippen LogP contribution in [0, 0.1) is 5.82 Å². The van der Waals surface area contributed by atoms with Crippen molar-refractivity contribution in [1.29, 1.82) is 0 Å². The highest BCUT2D eigenvalue weighted by molar-refractivity contribution is 5.44. The molecular weight excluding hydrogens is 225 g/mol. The van der Waals surface area contributed by atoms with Gasteiger partial charge in [0.05, 0.1) is 6.61 Å². The van der Waals surface area contributed by atoms with Crippen molar-refractivity contribution in [2.75, 3.05) is 18.9 Å². The molecule has 1 heterocycles. The number of hydrogen-bond donors (Lipinski definition) is 1. The fourth-order valence-corrected chi connectivity index (χ4v) is 1.66. The van der Waals surface area contributed by atoms with Gasteiger partial charge in [-0.05, 0) is 26.0 Å². The Kier molecular flexibility index (Phi) is 3.22. The van der Waals surface area contributed by atoms with Crippen molar-refractivity contribution < 1.29 is 18.6 Å². The highest BCUT2D eigenvalue weighted by atomic mass is 19.1. The molecular formula is C12H16FNO3. The van der Waals surface area contributed by atoms with Crippen LogP contribution in [0.25, 0.3) is 0 Å². The van der Waals surface area contributed by atoms with Crippen LogP contribution < -0.4 is 10.5 Å². The van der Waals surface area contributed by atoms with Crippen molar-refractivity contribution in [1.82, 2.24) is 0 Å². The van der Waals surface area contributed by atoms with Crippen LogP contribution in [-0.4, -0.2) is 25.1 Å². The predicted octanol–water partition coefficient (Wildman–Crippen LogP) is 1.94. The zero-order chi connectivity index (χ0) is 12.5. The van der Waals surface area contributed by atoms with Crippen LogP contribution in [0.2, 0.25) is 0 Å². The minimum Gasteiger partial charge on any atom is -0.488 e. The first kappa shape index (κ1) is 12.1. The van der Waals surface area contributed by atoms with E-state index in [1.54, 1.807) is 0 Å². The monoisotopic (exact) mass is 241 g/mol. The van der Waals surface area contributed by atoms with Gasteiger partial charge in [0, 0.05) is 11.8 Å². The molecule has 1 aromatic rings. The minimum absolute atomic E-state index is 0.137. The fraction of sp³-hybridized carbons (Fsp3) is 0.500. The number of rotatable bonds is 3. The molecule has 1 aliphatic heterocycles. The molecule has 1 atom stereocenters. The first-order valence-corrected chi connectivity index (χ1v) is 5.46. The Balaban J connectivity index is 1.92. The summed E-state index contributed by atoms with van der Waals surface area (Å²) in [6.45, 7) is 4.34. The summed E-state index contributed by atoms with van der Waals surface area (Å²) in [6.07, 6.45) is -0.189. The maximum atomic E-state index is 13.3. The van der Waals surface area contributed by atoms with Gasteiger partial charge in [-0.1, -0.05) is 0 Å². The summed E-state index contributed by atoms with van der Waals surface area (Å²) in [7, 11) is 0. The number of benzene rings is 1. The molecule has 0 aliphatic carbocycles. The molecule has 94 valence electrons. The molecule has 2 rings (SSSR count). The van der Waals surface area contributed by atoms with Gasteiger partial charge in [-0.3, -0.25) is 0 Å². The second kappa shape index (κ2) is 4.50. The molecule has 0 amide bonds. The molecule has 4 nitrogen and oxygen atoms in total. The Morgan fingerprint density at radius 3 is 2.94 bits per heavy atom. The summed E-state index contributed by atoms with van der Waals surface area (Å²) in [5.74, 6) is -0.891. The number of halogens is 1. The van der Waals surface area contributed by atoms with E-state index >= 15 is 0 Å². The van der Waals surface area contributed by atoms with E-state index in [1.807, 2.05) is 13.8 Å². The number of ether oxygens (including phenoxy) is 3. The molecule has 1 aromatic carbocycles. The summed E-state index contributed by atoms with van der Waals surface area (Å²) in [5, 5.41) is 0. The lowest BCUT2D eigenvalue weighted by molar-refractivity contribution is -0.141. The molecule has 17 heavy (non-hydrogen) atoms. The Morgan fingerprint density at radius 1 is 1.53 bits per heavy atom. The quantitative estimate of drug-likeness (QED) is 0.822. The van der Waals surface area contributed by atoms with Gasteiger partial charge in [0.2, 0.25) is 0 Å². The lowest BCUT2D eigenvalue weighted by Crippen LogP contribution is -2.25. The lowest BCUT2D eigenvalue weighted by Gasteiger charge is -2.17. The highest BCUT2D eigenvalue weighted by Gasteiger charge is 2.33. The van der Waals surface area contributed by atoms with E-state index in [9.17, 15) is 4.39 Å². The zero-order valence-electron chi connectivity index (χ0n) is 9.90. The van der Waals surface area contributed by atoms with Crippen molar-refractivity contribution in [2.45, 2.75) is 25.7 Å². The summed E-state index contributed by atoms with van der Waals surface area (Å²) in [5.41, 5.74) is 6.01. The van der Waals surface area contributed by atoms with E-state index in [2.05, 4.69) is 0 Å². The summed E-state index contributed by atoms with van der Waals surface area (Å²) >= 11 is 0. The number of nitrogens with two attached hydrogens (primary N) is 1. The lowest BCUT2D eigenvalue weighted by atomic mass is 10.3. The standard InChI is InChI=1S/C12H16FNO3/c1-12(2)16-7-9(17-12)6-15-11-5-8(14)3-4-10(11)13/h3-5,9H,6-7,14H2,1-2H3. The Labute approximate surface area is 99.5 Å². The van der Waals surface area contributed by atoms with Gasteiger partial charge >= 0.3 is 0 Å². The average Bonchev–Trinajstić information content (AvgIpc) is 2.60. The number of hydrogen-bond acceptors (Lipinski definition) is 4. The molecule has 1 aliphatic rings. The third kappa shape index (κ3) is 3.08. The van der Waals surface area contributed by atoms with E-state index in [0.717, 1.165) is 0 Å². The average molecular weight is 241 g/mol. The van der Waals surface area contributed by atoms with Crippen molar-refractivity contribution in [2.24, 2.45) is 0 Å². The third-order valence-corrected chi connectivity index (χ3v) is 2.45. The van der Waals surface area contributed by atoms with E-state index < -0.39 is 11.6 Å². The Bertz CT molecular complexity index is 409. The first-order chi connectivity index (χ1) is 7.96. The maximum Gasteiger partial charge on any atom is 0.165 e. The van der Waals surface area contributed by atoms with Crippen molar-refractivity contribution in [3.8, 4) is 5.75 Å². The molecule has 0 spiro atoms. The topological polar surface area (TPSA) is 53.7 Å². The molecule has 0 bridgehead atoms. The van der Waals surface area contributed by atoms with E-state index in [1.165, 1.54) is 18.2 Å². The van der Waals surface area contributed by atoms with Crippen molar-refractivity contribution in [3.63, 3.8) is 0 Å². The van der Waals surface area contributed by atoms with Crippen LogP contribution in [0.4, 0.5) is 10.1 Å². The maximum absolute atomic E-state index is 13.3. The van der Waals surface area contributed by atoms with Crippen molar-refractivity contribution in [3.05, 3.63) is 24.0 Å². The van der Waals surface area contributed by atoms with Gasteiger partial charge < -0.3 is 19.9 Å². The summed E-state index contributed by atoms with van der Waals surface area (Å²) < 4.78 is 29.6. The van der Waals surface area contributed by atoms with Crippen LogP contribution in [0.3, 0.4) is 0 Å². The number of nitrogen functional groups attached to an aromatic ring is 1. The predicted molar refractivity (Wildman–Crippen MR) is 61.2 cm³/mol. The van der Waals surface area contributed by atoms with Gasteiger partial charge in [-0.2, -0.15) is 0 Å². The van der Waals surface area contributed by atoms with Gasteiger partial charge in [-0.15, -0.1) is 0 Å². The molecule has 1 unspecified atom stereocenters. The number of anilines is 1. The largest absolute Gasteiger partial charge is 0.488 e. The van der Waals surface area contributed by atoms with Gasteiger partial charge in [0.25, 0.3) is 0 Å². The molecule has 0 radical (unpaired) electrons. The zero-order valence-corrected chi connectivity index (χ0v) is 9.90. The normalized spacial score (nSPS) is 22.6. The Morgan fingerprint density at radius 2 is 2.29 bits per heavy atom. The van der Waals surface area contributed by atoms with Crippen LogP contribution in [0.1, 0.15) is 13.8 Å². The van der Waals surface area contributed by atoms with E-state index in [4.69, 9.17) is 19.9 Å². The van der Waals surface area contributed by atoms with Crippen LogP contribution in [0.15, 0.2) is 18.2 Å². The first-order valence-electron chi connectivity index (χ1n) is 5.46. The summed E-state index contributed by atoms with van der Waals surface area (Å²) in [6, 6.07) is 4.22. The van der Waals surface area contributed by atoms with Gasteiger partial charge in [0.1, 0.15) is 12.7 Å². The van der Waals surface area contributed by atoms with Crippen molar-refractivity contribution >= 4 is 5.69 Å². The third-order valence-electron chi connectivity index (χ3n) is 2.45. The van der Waals surface area contributed by atoms with Gasteiger partial charge in [-0.25, -0.2) is 4.39 Å². The highest BCUT2D eigenvalue weighted by Crippen LogP contribution is 2.24. The molecule has 5 heteroatoms. The smallest absolute Gasteiger partial charge is 0.165 e. The minimum atomic E-state index is -0.595. The summed E-state index contributed by atoms with van der Waals surface area (Å²) in [4.78, 5) is 0. The van der Waals surface area contributed by atoms with E-state index in [0.29, 0.717) is 12.3 Å². The van der Waals surface area contributed by atoms with Crippen LogP contribution in [0.5, 0.6) is 5.75 Å². The van der Waals surface area contributed by atoms with Crippen LogP contribution >= 0.6 is 0 Å². The SMILES string of the molecule is CC1(C)OCC(COc2cc(N)ccc2F)O1. The fourth-order valence-electron chi connectivity index (χ4n) is 1.66. The second-order valence-corrected chi connectivity index (χ2v) is 4.45.